The number of Topliss-reactive ketones (excluding diaryl/α,β-unsaturated/α-hetero) is 1. The number of fused-ring (bicyclic) bond motifs is 2. The third kappa shape index (κ3) is 5.98. The van der Waals surface area contributed by atoms with Crippen LogP contribution in [0.25, 0.3) is 0 Å². The van der Waals surface area contributed by atoms with Crippen LogP contribution in [0, 0.1) is 5.82 Å². The Kier molecular flexibility index (Phi) is 8.14. The molecule has 3 atom stereocenters. The van der Waals surface area contributed by atoms with Crippen LogP contribution in [-0.4, -0.2) is 92.4 Å². The van der Waals surface area contributed by atoms with Gasteiger partial charge in [0.15, 0.2) is 11.3 Å². The molecule has 1 aromatic heterocycles. The molecular formula is C30H30F4N6O5. The Labute approximate surface area is 255 Å². The van der Waals surface area contributed by atoms with Crippen molar-refractivity contribution in [3.05, 3.63) is 76.9 Å². The van der Waals surface area contributed by atoms with Gasteiger partial charge >= 0.3 is 12.2 Å². The summed E-state index contributed by atoms with van der Waals surface area (Å²) in [7, 11) is 3.25. The molecule has 5 amide bonds. The molecule has 1 saturated heterocycles. The van der Waals surface area contributed by atoms with Gasteiger partial charge in [-0.15, -0.1) is 0 Å². The highest BCUT2D eigenvalue weighted by Crippen LogP contribution is 2.46. The summed E-state index contributed by atoms with van der Waals surface area (Å²) in [6.07, 6.45) is 1.68. The predicted molar refractivity (Wildman–Crippen MR) is 150 cm³/mol. The van der Waals surface area contributed by atoms with Crippen molar-refractivity contribution in [2.75, 3.05) is 20.6 Å². The van der Waals surface area contributed by atoms with Crippen molar-refractivity contribution in [3.8, 4) is 0 Å². The van der Waals surface area contributed by atoms with Crippen LogP contribution in [0.15, 0.2) is 60.0 Å². The third-order valence-corrected chi connectivity index (χ3v) is 8.29. The molecule has 2 aromatic rings. The number of imide groups is 1. The summed E-state index contributed by atoms with van der Waals surface area (Å²) in [5.74, 6) is -3.58. The molecule has 45 heavy (non-hydrogen) atoms. The zero-order valence-corrected chi connectivity index (χ0v) is 24.6. The van der Waals surface area contributed by atoms with Crippen LogP contribution in [0.4, 0.5) is 22.4 Å². The van der Waals surface area contributed by atoms with Crippen LogP contribution in [0.3, 0.4) is 0 Å². The van der Waals surface area contributed by atoms with E-state index in [0.717, 1.165) is 24.6 Å². The first-order valence-electron chi connectivity index (χ1n) is 14.0. The highest BCUT2D eigenvalue weighted by molar-refractivity contribution is 6.20. The second kappa shape index (κ2) is 11.6. The van der Waals surface area contributed by atoms with E-state index in [1.54, 1.807) is 38.6 Å². The molecule has 2 unspecified atom stereocenters. The molecule has 2 aliphatic carbocycles. The number of alkyl halides is 3. The normalized spacial score (nSPS) is 21.8. The second-order valence-electron chi connectivity index (χ2n) is 11.5. The van der Waals surface area contributed by atoms with Crippen LogP contribution in [0.5, 0.6) is 0 Å². The molecule has 5 rings (SSSR count). The number of benzene rings is 1. The van der Waals surface area contributed by atoms with Crippen molar-refractivity contribution in [2.24, 2.45) is 0 Å². The van der Waals surface area contributed by atoms with Crippen LogP contribution in [-0.2, 0) is 32.3 Å². The summed E-state index contributed by atoms with van der Waals surface area (Å²) < 4.78 is 56.0. The van der Waals surface area contributed by atoms with E-state index >= 15 is 0 Å². The minimum atomic E-state index is -4.83. The molecule has 0 bridgehead atoms. The van der Waals surface area contributed by atoms with Gasteiger partial charge in [-0.3, -0.25) is 28.8 Å². The number of aromatic nitrogens is 2. The first kappa shape index (κ1) is 31.6. The number of carbonyl (C=O) groups is 5. The van der Waals surface area contributed by atoms with E-state index in [1.807, 2.05) is 0 Å². The number of nitrogens with one attached hydrogen (secondary N) is 1. The number of ketones is 1. The van der Waals surface area contributed by atoms with Gasteiger partial charge in [0.2, 0.25) is 11.8 Å². The fourth-order valence-corrected chi connectivity index (χ4v) is 5.66. The van der Waals surface area contributed by atoms with E-state index in [2.05, 4.69) is 10.4 Å². The minimum absolute atomic E-state index is 0.0254. The van der Waals surface area contributed by atoms with Gasteiger partial charge in [0.05, 0.1) is 6.20 Å². The van der Waals surface area contributed by atoms with Gasteiger partial charge in [-0.05, 0) is 42.2 Å². The number of hydrogen-bond acceptors (Lipinski definition) is 6. The molecule has 2 fully saturated rings. The van der Waals surface area contributed by atoms with Gasteiger partial charge in [0.1, 0.15) is 24.9 Å². The fraction of sp³-hybridized carbons (Fsp3) is 0.400. The van der Waals surface area contributed by atoms with E-state index in [-0.39, 0.29) is 35.1 Å². The number of carbonyl (C=O) groups excluding carboxylic acids is 5. The van der Waals surface area contributed by atoms with E-state index in [1.165, 1.54) is 21.7 Å². The van der Waals surface area contributed by atoms with Crippen LogP contribution < -0.4 is 5.32 Å². The Bertz CT molecular complexity index is 1630. The van der Waals surface area contributed by atoms with E-state index in [0.29, 0.717) is 16.2 Å². The Hall–Kier alpha value is -4.82. The van der Waals surface area contributed by atoms with Crippen LogP contribution >= 0.6 is 0 Å². The molecule has 15 heteroatoms. The second-order valence-corrected chi connectivity index (χ2v) is 11.5. The highest BCUT2D eigenvalue weighted by atomic mass is 19.4. The smallest absolute Gasteiger partial charge is 0.347 e. The maximum atomic E-state index is 13.7. The summed E-state index contributed by atoms with van der Waals surface area (Å²) in [5.41, 5.74) is -0.368. The molecule has 2 heterocycles. The largest absolute Gasteiger partial charge is 0.408 e. The molecule has 1 spiro atoms. The molecule has 1 saturated carbocycles. The van der Waals surface area contributed by atoms with Crippen molar-refractivity contribution < 1.29 is 41.5 Å². The Morgan fingerprint density at radius 3 is 2.44 bits per heavy atom. The third-order valence-electron chi connectivity index (χ3n) is 8.29. The van der Waals surface area contributed by atoms with Crippen LogP contribution in [0.2, 0.25) is 0 Å². The SMILES string of the molecule is C[C@H](N(Cc1ccc(F)cc1)C(=O)CN1C(=O)NC2(CC(=O)C3=CC(c4cnn(CC(=O)N(C)C)c4)CC=C32)C1=O)C(F)(F)F. The average molecular weight is 631 g/mol. The quantitative estimate of drug-likeness (QED) is 0.354. The number of hydrogen-bond donors (Lipinski definition) is 1. The first-order chi connectivity index (χ1) is 21.1. The van der Waals surface area contributed by atoms with E-state index in [4.69, 9.17) is 0 Å². The number of nitrogens with zero attached hydrogens (tertiary/aromatic N) is 5. The lowest BCUT2D eigenvalue weighted by Gasteiger charge is -2.32. The zero-order valence-electron chi connectivity index (χ0n) is 24.6. The summed E-state index contributed by atoms with van der Waals surface area (Å²) in [6.45, 7) is -0.749. The average Bonchev–Trinajstić information content (AvgIpc) is 3.62. The van der Waals surface area contributed by atoms with Gasteiger partial charge in [0, 0.05) is 44.7 Å². The Morgan fingerprint density at radius 2 is 1.80 bits per heavy atom. The zero-order chi connectivity index (χ0) is 32.8. The number of rotatable bonds is 8. The molecule has 1 aliphatic heterocycles. The molecule has 1 aromatic carbocycles. The predicted octanol–water partition coefficient (Wildman–Crippen LogP) is 2.69. The molecular weight excluding hydrogens is 600 g/mol. The lowest BCUT2D eigenvalue weighted by molar-refractivity contribution is -0.187. The van der Waals surface area contributed by atoms with Gasteiger partial charge in [-0.25, -0.2) is 9.18 Å². The standard InChI is InChI=1S/C30H30F4N6O5/c1-17(30(32,33)34)39(13-18-4-7-21(31)8-5-18)26(43)16-40-27(44)29(36-28(40)45)11-24(41)22-10-19(6-9-23(22)29)20-12-35-38(14-20)15-25(42)37(2)3/h4-5,7-10,12,14,17,19H,6,11,13,15-16H2,1-3H3,(H,36,45)/t17-,19?,29?/m0/s1. The maximum absolute atomic E-state index is 13.7. The summed E-state index contributed by atoms with van der Waals surface area (Å²) >= 11 is 0. The van der Waals surface area contributed by atoms with Crippen molar-refractivity contribution >= 4 is 29.5 Å². The van der Waals surface area contributed by atoms with Gasteiger partial charge in [0.25, 0.3) is 5.91 Å². The highest BCUT2D eigenvalue weighted by Gasteiger charge is 2.60. The first-order valence-corrected chi connectivity index (χ1v) is 14.0. The lowest BCUT2D eigenvalue weighted by Crippen LogP contribution is -2.51. The van der Waals surface area contributed by atoms with Crippen molar-refractivity contribution in [2.45, 2.75) is 56.5 Å². The van der Waals surface area contributed by atoms with Crippen molar-refractivity contribution in [1.82, 2.24) is 29.8 Å². The monoisotopic (exact) mass is 630 g/mol. The van der Waals surface area contributed by atoms with Gasteiger partial charge in [-0.1, -0.05) is 24.3 Å². The summed E-state index contributed by atoms with van der Waals surface area (Å²) in [4.78, 5) is 67.6. The van der Waals surface area contributed by atoms with Crippen molar-refractivity contribution in [3.63, 3.8) is 0 Å². The number of amides is 5. The summed E-state index contributed by atoms with van der Waals surface area (Å²) in [5, 5.41) is 6.74. The number of allylic oxidation sites excluding steroid dienone is 2. The Morgan fingerprint density at radius 1 is 1.11 bits per heavy atom. The molecule has 11 nitrogen and oxygen atoms in total. The molecule has 238 valence electrons. The number of halogens is 4. The summed E-state index contributed by atoms with van der Waals surface area (Å²) in [6, 6.07) is 1.25. The van der Waals surface area contributed by atoms with E-state index < -0.39 is 66.7 Å². The fourth-order valence-electron chi connectivity index (χ4n) is 5.66. The maximum Gasteiger partial charge on any atom is 0.408 e. The van der Waals surface area contributed by atoms with Gasteiger partial charge in [-0.2, -0.15) is 18.3 Å². The number of urea groups is 1. The van der Waals surface area contributed by atoms with E-state index in [9.17, 15) is 41.5 Å². The molecule has 3 aliphatic rings. The van der Waals surface area contributed by atoms with Gasteiger partial charge < -0.3 is 15.1 Å². The molecule has 1 N–H and O–H groups in total. The minimum Gasteiger partial charge on any atom is -0.347 e. The Balaban J connectivity index is 1.34. The van der Waals surface area contributed by atoms with Crippen molar-refractivity contribution in [1.29, 1.82) is 0 Å². The number of likely N-dealkylation sites (N-methyl/N-ethyl adjacent to an activating group) is 1. The topological polar surface area (TPSA) is 125 Å². The molecule has 0 radical (unpaired) electrons. The van der Waals surface area contributed by atoms with Crippen LogP contribution in [0.1, 0.15) is 36.8 Å². The lowest BCUT2D eigenvalue weighted by atomic mass is 9.83.